The molecule has 1 rings (SSSR count). The minimum absolute atomic E-state index is 0.0423. The molecule has 0 bridgehead atoms. The quantitative estimate of drug-likeness (QED) is 0.610. The van der Waals surface area contributed by atoms with E-state index in [1.54, 1.807) is 19.2 Å². The van der Waals surface area contributed by atoms with Crippen LogP contribution in [0.3, 0.4) is 0 Å². The molecule has 0 fully saturated rings. The molecule has 0 aromatic heterocycles. The van der Waals surface area contributed by atoms with Crippen molar-refractivity contribution in [1.29, 1.82) is 0 Å². The minimum atomic E-state index is -0.173. The average molecular weight is 247 g/mol. The predicted molar refractivity (Wildman–Crippen MR) is 70.1 cm³/mol. The number of rotatable bonds is 5. The monoisotopic (exact) mass is 247 g/mol. The van der Waals surface area contributed by atoms with E-state index >= 15 is 0 Å². The van der Waals surface area contributed by atoms with E-state index in [4.69, 9.17) is 9.84 Å². The van der Waals surface area contributed by atoms with Crippen molar-refractivity contribution in [2.24, 2.45) is 0 Å². The van der Waals surface area contributed by atoms with Gasteiger partial charge in [0.25, 0.3) is 0 Å². The summed E-state index contributed by atoms with van der Waals surface area (Å²) in [7, 11) is 1.61. The minimum Gasteiger partial charge on any atom is -0.385 e. The lowest BCUT2D eigenvalue weighted by Gasteiger charge is -2.05. The van der Waals surface area contributed by atoms with Gasteiger partial charge in [-0.3, -0.25) is 4.79 Å². The normalized spacial score (nSPS) is 9.44. The first kappa shape index (κ1) is 14.2. The fraction of sp³-hybridized carbons (Fsp3) is 0.357. The number of ether oxygens (including phenoxy) is 1. The lowest BCUT2D eigenvalue weighted by Crippen LogP contribution is -2.12. The summed E-state index contributed by atoms with van der Waals surface area (Å²) < 4.78 is 4.88. The Kier molecular flexibility index (Phi) is 6.55. The number of amides is 1. The van der Waals surface area contributed by atoms with Gasteiger partial charge in [0.1, 0.15) is 6.61 Å². The fourth-order valence-electron chi connectivity index (χ4n) is 1.42. The van der Waals surface area contributed by atoms with Crippen molar-refractivity contribution in [3.8, 4) is 11.8 Å². The van der Waals surface area contributed by atoms with Crippen molar-refractivity contribution in [3.05, 3.63) is 29.8 Å². The Labute approximate surface area is 107 Å². The van der Waals surface area contributed by atoms with Crippen LogP contribution in [-0.2, 0) is 9.53 Å². The van der Waals surface area contributed by atoms with Crippen molar-refractivity contribution in [1.82, 2.24) is 0 Å². The van der Waals surface area contributed by atoms with Crippen LogP contribution in [-0.4, -0.2) is 31.3 Å². The molecule has 0 aliphatic heterocycles. The van der Waals surface area contributed by atoms with Crippen molar-refractivity contribution >= 4 is 11.6 Å². The fourth-order valence-corrected chi connectivity index (χ4v) is 1.42. The van der Waals surface area contributed by atoms with Crippen LogP contribution in [0.5, 0.6) is 0 Å². The van der Waals surface area contributed by atoms with E-state index in [1.807, 2.05) is 12.1 Å². The van der Waals surface area contributed by atoms with E-state index in [0.29, 0.717) is 25.1 Å². The number of benzene rings is 1. The molecule has 1 aromatic rings. The van der Waals surface area contributed by atoms with Crippen LogP contribution in [0.2, 0.25) is 0 Å². The van der Waals surface area contributed by atoms with Gasteiger partial charge in [-0.25, -0.2) is 0 Å². The number of hydrogen-bond acceptors (Lipinski definition) is 3. The Hall–Kier alpha value is -1.83. The van der Waals surface area contributed by atoms with Gasteiger partial charge in [0, 0.05) is 31.4 Å². The molecule has 0 atom stereocenters. The van der Waals surface area contributed by atoms with E-state index < -0.39 is 0 Å². The highest BCUT2D eigenvalue weighted by Crippen LogP contribution is 2.10. The molecule has 1 amide bonds. The molecule has 0 aliphatic carbocycles. The van der Waals surface area contributed by atoms with E-state index in [1.165, 1.54) is 0 Å². The van der Waals surface area contributed by atoms with Crippen LogP contribution in [0.15, 0.2) is 24.3 Å². The molecule has 0 radical (unpaired) electrons. The van der Waals surface area contributed by atoms with Gasteiger partial charge >= 0.3 is 0 Å². The number of carbonyl (C=O) groups excluding carboxylic acids is 1. The Bertz CT molecular complexity index is 446. The summed E-state index contributed by atoms with van der Waals surface area (Å²) in [6.07, 6.45) is 1.13. The van der Waals surface area contributed by atoms with E-state index in [-0.39, 0.29) is 12.5 Å². The van der Waals surface area contributed by atoms with Crippen molar-refractivity contribution in [2.75, 3.05) is 25.6 Å². The molecule has 0 aliphatic rings. The summed E-state index contributed by atoms with van der Waals surface area (Å²) in [6.45, 7) is 0.406. The van der Waals surface area contributed by atoms with E-state index in [2.05, 4.69) is 17.2 Å². The van der Waals surface area contributed by atoms with Gasteiger partial charge in [0.05, 0.1) is 0 Å². The van der Waals surface area contributed by atoms with Crippen LogP contribution in [0, 0.1) is 11.8 Å². The number of aliphatic hydroxyl groups is 1. The smallest absolute Gasteiger partial charge is 0.224 e. The van der Waals surface area contributed by atoms with Crippen LogP contribution >= 0.6 is 0 Å². The number of carbonyl (C=O) groups is 1. The zero-order valence-electron chi connectivity index (χ0n) is 10.4. The summed E-state index contributed by atoms with van der Waals surface area (Å²) >= 11 is 0. The van der Waals surface area contributed by atoms with Gasteiger partial charge in [-0.05, 0) is 24.6 Å². The summed E-state index contributed by atoms with van der Waals surface area (Å²) in [6, 6.07) is 7.21. The largest absolute Gasteiger partial charge is 0.385 e. The molecule has 1 aromatic carbocycles. The second kappa shape index (κ2) is 8.29. The lowest BCUT2D eigenvalue weighted by molar-refractivity contribution is -0.116. The molecule has 0 saturated heterocycles. The van der Waals surface area contributed by atoms with Crippen LogP contribution in [0.25, 0.3) is 0 Å². The predicted octanol–water partition coefficient (Wildman–Crippen LogP) is 1.40. The maximum Gasteiger partial charge on any atom is 0.224 e. The topological polar surface area (TPSA) is 58.6 Å². The first-order valence-corrected chi connectivity index (χ1v) is 5.75. The van der Waals surface area contributed by atoms with Crippen molar-refractivity contribution < 1.29 is 14.6 Å². The maximum atomic E-state index is 11.6. The Balaban J connectivity index is 2.53. The lowest BCUT2D eigenvalue weighted by atomic mass is 10.2. The summed E-state index contributed by atoms with van der Waals surface area (Å²) in [5.41, 5.74) is 1.47. The number of methoxy groups -OCH3 is 1. The molecule has 0 unspecified atom stereocenters. The molecule has 0 spiro atoms. The zero-order chi connectivity index (χ0) is 13.2. The van der Waals surface area contributed by atoms with Gasteiger partial charge in [-0.1, -0.05) is 17.9 Å². The molecular formula is C14H17NO3. The average Bonchev–Trinajstić information content (AvgIpc) is 2.37. The van der Waals surface area contributed by atoms with E-state index in [0.717, 1.165) is 5.56 Å². The molecule has 4 nitrogen and oxygen atoms in total. The van der Waals surface area contributed by atoms with Crippen molar-refractivity contribution in [2.45, 2.75) is 12.8 Å². The van der Waals surface area contributed by atoms with Crippen molar-refractivity contribution in [3.63, 3.8) is 0 Å². The van der Waals surface area contributed by atoms with Crippen LogP contribution in [0.4, 0.5) is 5.69 Å². The second-order valence-corrected chi connectivity index (χ2v) is 3.69. The third kappa shape index (κ3) is 5.48. The molecule has 0 saturated carbocycles. The molecule has 96 valence electrons. The molecular weight excluding hydrogens is 230 g/mol. The third-order valence-corrected chi connectivity index (χ3v) is 2.21. The van der Waals surface area contributed by atoms with Gasteiger partial charge < -0.3 is 15.2 Å². The summed E-state index contributed by atoms with van der Waals surface area (Å²) in [4.78, 5) is 11.6. The molecule has 4 heteroatoms. The highest BCUT2D eigenvalue weighted by Gasteiger charge is 2.02. The SMILES string of the molecule is COCCCC(=O)Nc1cccc(C#CCO)c1. The number of hydrogen-bond donors (Lipinski definition) is 2. The second-order valence-electron chi connectivity index (χ2n) is 3.69. The zero-order valence-corrected chi connectivity index (χ0v) is 10.4. The third-order valence-electron chi connectivity index (χ3n) is 2.21. The first-order chi connectivity index (χ1) is 8.76. The van der Waals surface area contributed by atoms with Gasteiger partial charge in [-0.2, -0.15) is 0 Å². The highest BCUT2D eigenvalue weighted by molar-refractivity contribution is 5.90. The number of nitrogens with one attached hydrogen (secondary N) is 1. The number of anilines is 1. The van der Waals surface area contributed by atoms with E-state index in [9.17, 15) is 4.79 Å². The summed E-state index contributed by atoms with van der Waals surface area (Å²) in [5, 5.41) is 11.4. The Morgan fingerprint density at radius 2 is 2.33 bits per heavy atom. The Morgan fingerprint density at radius 1 is 1.50 bits per heavy atom. The van der Waals surface area contributed by atoms with Crippen LogP contribution < -0.4 is 5.32 Å². The maximum absolute atomic E-state index is 11.6. The molecule has 0 heterocycles. The highest BCUT2D eigenvalue weighted by atomic mass is 16.5. The molecule has 18 heavy (non-hydrogen) atoms. The molecule has 2 N–H and O–H groups in total. The first-order valence-electron chi connectivity index (χ1n) is 5.75. The number of aliphatic hydroxyl groups excluding tert-OH is 1. The van der Waals surface area contributed by atoms with Gasteiger partial charge in [0.2, 0.25) is 5.91 Å². The standard InChI is InChI=1S/C14H17NO3/c1-18-10-4-8-14(17)15-13-7-2-5-12(11-13)6-3-9-16/h2,5,7,11,16H,4,8-10H2,1H3,(H,15,17). The van der Waals surface area contributed by atoms with Crippen LogP contribution in [0.1, 0.15) is 18.4 Å². The van der Waals surface area contributed by atoms with Gasteiger partial charge in [0.15, 0.2) is 0 Å². The summed E-state index contributed by atoms with van der Waals surface area (Å²) in [5.74, 6) is 5.31. The van der Waals surface area contributed by atoms with Gasteiger partial charge in [-0.15, -0.1) is 0 Å². The Morgan fingerprint density at radius 3 is 3.06 bits per heavy atom.